The second-order valence-corrected chi connectivity index (χ2v) is 8.46. The third-order valence-electron chi connectivity index (χ3n) is 5.86. The molecule has 1 amide bonds. The van der Waals surface area contributed by atoms with Crippen LogP contribution in [0.3, 0.4) is 0 Å². The Kier molecular flexibility index (Phi) is 6.58. The molecule has 1 aliphatic heterocycles. The first-order valence-electron chi connectivity index (χ1n) is 10.5. The number of amides is 1. The highest BCUT2D eigenvalue weighted by Crippen LogP contribution is 2.28. The molecule has 6 heteroatoms. The SMILES string of the molecule is COc1cccc(CN(C[C@@H]2CC(c3ccc(Cl)cc3)=NO2)C(=O)C2CCCC2)c1. The topological polar surface area (TPSA) is 51.1 Å². The Balaban J connectivity index is 1.45. The predicted molar refractivity (Wildman–Crippen MR) is 118 cm³/mol. The first-order chi connectivity index (χ1) is 14.6. The average molecular weight is 427 g/mol. The minimum Gasteiger partial charge on any atom is -0.497 e. The van der Waals surface area contributed by atoms with E-state index in [-0.39, 0.29) is 17.9 Å². The molecule has 2 aliphatic rings. The monoisotopic (exact) mass is 426 g/mol. The van der Waals surface area contributed by atoms with E-state index < -0.39 is 0 Å². The van der Waals surface area contributed by atoms with Gasteiger partial charge in [-0.3, -0.25) is 4.79 Å². The molecule has 5 nitrogen and oxygen atoms in total. The smallest absolute Gasteiger partial charge is 0.226 e. The number of halogens is 1. The van der Waals surface area contributed by atoms with E-state index in [9.17, 15) is 4.79 Å². The highest BCUT2D eigenvalue weighted by atomic mass is 35.5. The van der Waals surface area contributed by atoms with Gasteiger partial charge in [0, 0.05) is 23.9 Å². The number of rotatable bonds is 7. The first kappa shape index (κ1) is 20.7. The summed E-state index contributed by atoms with van der Waals surface area (Å²) in [7, 11) is 1.66. The Bertz CT molecular complexity index is 907. The fourth-order valence-electron chi connectivity index (χ4n) is 4.24. The molecule has 2 aromatic carbocycles. The van der Waals surface area contributed by atoms with Gasteiger partial charge in [-0.15, -0.1) is 0 Å². The van der Waals surface area contributed by atoms with Gasteiger partial charge in [0.25, 0.3) is 0 Å². The zero-order valence-corrected chi connectivity index (χ0v) is 18.0. The third kappa shape index (κ3) is 4.96. The summed E-state index contributed by atoms with van der Waals surface area (Å²) in [4.78, 5) is 20.9. The van der Waals surface area contributed by atoms with E-state index in [4.69, 9.17) is 21.2 Å². The molecule has 0 aromatic heterocycles. The Hall–Kier alpha value is -2.53. The van der Waals surface area contributed by atoms with E-state index in [1.807, 2.05) is 53.4 Å². The number of nitrogens with zero attached hydrogens (tertiary/aromatic N) is 2. The third-order valence-corrected chi connectivity index (χ3v) is 6.11. The summed E-state index contributed by atoms with van der Waals surface area (Å²) in [5.41, 5.74) is 2.95. The molecule has 0 N–H and O–H groups in total. The summed E-state index contributed by atoms with van der Waals surface area (Å²) >= 11 is 5.99. The Labute approximate surface area is 182 Å². The van der Waals surface area contributed by atoms with E-state index in [2.05, 4.69) is 5.16 Å². The highest BCUT2D eigenvalue weighted by molar-refractivity contribution is 6.30. The predicted octanol–water partition coefficient (Wildman–Crippen LogP) is 5.06. The maximum Gasteiger partial charge on any atom is 0.226 e. The maximum atomic E-state index is 13.3. The van der Waals surface area contributed by atoms with Gasteiger partial charge < -0.3 is 14.5 Å². The lowest BCUT2D eigenvalue weighted by Crippen LogP contribution is -2.40. The van der Waals surface area contributed by atoms with Crippen LogP contribution in [0.5, 0.6) is 5.75 Å². The van der Waals surface area contributed by atoms with Gasteiger partial charge in [-0.1, -0.05) is 53.9 Å². The van der Waals surface area contributed by atoms with Gasteiger partial charge in [-0.25, -0.2) is 0 Å². The van der Waals surface area contributed by atoms with Crippen LogP contribution in [0.2, 0.25) is 5.02 Å². The number of carbonyl (C=O) groups is 1. The Morgan fingerprint density at radius 2 is 1.97 bits per heavy atom. The van der Waals surface area contributed by atoms with Gasteiger partial charge in [0.1, 0.15) is 5.75 Å². The molecule has 1 fully saturated rings. The lowest BCUT2D eigenvalue weighted by molar-refractivity contribution is -0.137. The van der Waals surface area contributed by atoms with E-state index in [0.29, 0.717) is 24.5 Å². The van der Waals surface area contributed by atoms with Gasteiger partial charge in [-0.05, 0) is 48.2 Å². The standard InChI is InChI=1S/C24H27ClN2O3/c1-29-21-8-4-5-17(13-21)15-27(24(28)19-6-2-3-7-19)16-22-14-23(26-30-22)18-9-11-20(25)12-10-18/h4-5,8-13,19,22H,2-3,6-7,14-16H2,1H3/t22-/m0/s1. The fraction of sp³-hybridized carbons (Fsp3) is 0.417. The molecule has 2 aromatic rings. The van der Waals surface area contributed by atoms with Gasteiger partial charge >= 0.3 is 0 Å². The number of benzene rings is 2. The zero-order chi connectivity index (χ0) is 20.9. The molecule has 4 rings (SSSR count). The summed E-state index contributed by atoms with van der Waals surface area (Å²) < 4.78 is 5.35. The van der Waals surface area contributed by atoms with Gasteiger partial charge in [0.05, 0.1) is 19.4 Å². The largest absolute Gasteiger partial charge is 0.497 e. The molecule has 0 unspecified atom stereocenters. The lowest BCUT2D eigenvalue weighted by Gasteiger charge is -2.27. The minimum atomic E-state index is -0.147. The fourth-order valence-corrected chi connectivity index (χ4v) is 4.37. The molecule has 1 saturated carbocycles. The van der Waals surface area contributed by atoms with Crippen molar-refractivity contribution < 1.29 is 14.4 Å². The van der Waals surface area contributed by atoms with Crippen LogP contribution in [0, 0.1) is 5.92 Å². The van der Waals surface area contributed by atoms with Gasteiger partial charge in [0.2, 0.25) is 5.91 Å². The molecule has 1 aliphatic carbocycles. The lowest BCUT2D eigenvalue weighted by atomic mass is 10.0. The number of hydrogen-bond acceptors (Lipinski definition) is 4. The van der Waals surface area contributed by atoms with Gasteiger partial charge in [-0.2, -0.15) is 0 Å². The summed E-state index contributed by atoms with van der Waals surface area (Å²) in [5.74, 6) is 1.14. The molecule has 1 atom stereocenters. The van der Waals surface area contributed by atoms with Crippen LogP contribution in [-0.4, -0.2) is 36.3 Å². The van der Waals surface area contributed by atoms with Crippen molar-refractivity contribution in [3.63, 3.8) is 0 Å². The summed E-state index contributed by atoms with van der Waals surface area (Å²) in [5, 5.41) is 4.97. The molecule has 158 valence electrons. The number of hydrogen-bond donors (Lipinski definition) is 0. The Morgan fingerprint density at radius 3 is 2.70 bits per heavy atom. The van der Waals surface area contributed by atoms with Crippen molar-refractivity contribution in [2.45, 2.75) is 44.8 Å². The van der Waals surface area contributed by atoms with Crippen LogP contribution >= 0.6 is 11.6 Å². The van der Waals surface area contributed by atoms with Crippen LogP contribution in [0.4, 0.5) is 0 Å². The first-order valence-corrected chi connectivity index (χ1v) is 10.9. The molecular weight excluding hydrogens is 400 g/mol. The average Bonchev–Trinajstić information content (AvgIpc) is 3.46. The number of oxime groups is 1. The summed E-state index contributed by atoms with van der Waals surface area (Å²) in [6.07, 6.45) is 4.75. The highest BCUT2D eigenvalue weighted by Gasteiger charge is 2.31. The Morgan fingerprint density at radius 1 is 1.20 bits per heavy atom. The molecular formula is C24H27ClN2O3. The minimum absolute atomic E-state index is 0.119. The maximum absolute atomic E-state index is 13.3. The molecule has 0 bridgehead atoms. The van der Waals surface area contributed by atoms with Crippen molar-refractivity contribution in [3.05, 3.63) is 64.7 Å². The van der Waals surface area contributed by atoms with E-state index in [1.54, 1.807) is 7.11 Å². The van der Waals surface area contributed by atoms with E-state index in [1.165, 1.54) is 0 Å². The van der Waals surface area contributed by atoms with Crippen molar-refractivity contribution >= 4 is 23.2 Å². The molecule has 0 radical (unpaired) electrons. The van der Waals surface area contributed by atoms with Crippen LogP contribution in [0.1, 0.15) is 43.2 Å². The quantitative estimate of drug-likeness (QED) is 0.621. The van der Waals surface area contributed by atoms with Crippen molar-refractivity contribution in [3.8, 4) is 5.75 Å². The second kappa shape index (κ2) is 9.52. The normalized spacial score (nSPS) is 18.7. The van der Waals surface area contributed by atoms with Crippen molar-refractivity contribution in [2.24, 2.45) is 11.1 Å². The molecule has 0 spiro atoms. The van der Waals surface area contributed by atoms with E-state index >= 15 is 0 Å². The zero-order valence-electron chi connectivity index (χ0n) is 17.2. The van der Waals surface area contributed by atoms with E-state index in [0.717, 1.165) is 48.3 Å². The number of methoxy groups -OCH3 is 1. The molecule has 1 heterocycles. The van der Waals surface area contributed by atoms with Crippen LogP contribution in [-0.2, 0) is 16.2 Å². The molecule has 30 heavy (non-hydrogen) atoms. The summed E-state index contributed by atoms with van der Waals surface area (Å²) in [6.45, 7) is 1.07. The van der Waals surface area contributed by atoms with Crippen LogP contribution < -0.4 is 4.74 Å². The van der Waals surface area contributed by atoms with Crippen molar-refractivity contribution in [1.29, 1.82) is 0 Å². The number of carbonyl (C=O) groups excluding carboxylic acids is 1. The number of ether oxygens (including phenoxy) is 1. The van der Waals surface area contributed by atoms with Crippen LogP contribution in [0.25, 0.3) is 0 Å². The van der Waals surface area contributed by atoms with Gasteiger partial charge in [0.15, 0.2) is 6.10 Å². The second-order valence-electron chi connectivity index (χ2n) is 8.03. The van der Waals surface area contributed by atoms with Crippen molar-refractivity contribution in [2.75, 3.05) is 13.7 Å². The summed E-state index contributed by atoms with van der Waals surface area (Å²) in [6, 6.07) is 15.5. The molecule has 0 saturated heterocycles. The van der Waals surface area contributed by atoms with Crippen molar-refractivity contribution in [1.82, 2.24) is 4.90 Å². The van der Waals surface area contributed by atoms with Crippen LogP contribution in [0.15, 0.2) is 53.7 Å².